The van der Waals surface area contributed by atoms with Gasteiger partial charge in [-0.05, 0) is 82.3 Å². The highest BCUT2D eigenvalue weighted by molar-refractivity contribution is 6.15. The van der Waals surface area contributed by atoms with Crippen molar-refractivity contribution in [2.45, 2.75) is 32.4 Å². The fourth-order valence-corrected chi connectivity index (χ4v) is 4.86. The molecule has 2 aliphatic heterocycles. The van der Waals surface area contributed by atoms with Crippen LogP contribution in [0.15, 0.2) is 42.6 Å². The standard InChI is InChI=1S/C27H31FN6O2/c1-16-12-19(28)22(14-24(16)35)30-21-6-9-29-26-25(21)27(36)32-23-13-17(4-5-20(23)31-26)15-34-10-7-18(8-11-34)33(2)3/h4-6,9,12-14,18,35H,7-8,10-11,15H2,1-3H3,(H,32,36)(H2,29,30,31). The molecule has 36 heavy (non-hydrogen) atoms. The zero-order chi connectivity index (χ0) is 25.4. The van der Waals surface area contributed by atoms with Gasteiger partial charge in [-0.3, -0.25) is 9.69 Å². The Morgan fingerprint density at radius 1 is 1.11 bits per heavy atom. The fourth-order valence-electron chi connectivity index (χ4n) is 4.86. The molecule has 188 valence electrons. The number of nitrogens with one attached hydrogen (secondary N) is 3. The number of nitrogens with zero attached hydrogens (tertiary/aromatic N) is 3. The number of phenols is 1. The molecule has 8 nitrogen and oxygen atoms in total. The number of amides is 1. The maximum absolute atomic E-state index is 14.5. The first kappa shape index (κ1) is 24.0. The number of fused-ring (bicyclic) bond motifs is 2. The number of likely N-dealkylation sites (tertiary alicyclic amines) is 1. The van der Waals surface area contributed by atoms with Gasteiger partial charge in [-0.2, -0.15) is 0 Å². The van der Waals surface area contributed by atoms with Crippen molar-refractivity contribution in [1.82, 2.24) is 14.8 Å². The van der Waals surface area contributed by atoms with Crippen molar-refractivity contribution in [3.8, 4) is 5.75 Å². The Bertz CT molecular complexity index is 1300. The van der Waals surface area contributed by atoms with Crippen molar-refractivity contribution >= 4 is 34.5 Å². The summed E-state index contributed by atoms with van der Waals surface area (Å²) in [6, 6.07) is 10.8. The second-order valence-electron chi connectivity index (χ2n) is 9.76. The van der Waals surface area contributed by atoms with Crippen molar-refractivity contribution < 1.29 is 14.3 Å². The molecule has 0 bridgehead atoms. The van der Waals surface area contributed by atoms with Crippen LogP contribution in [0, 0.1) is 12.7 Å². The largest absolute Gasteiger partial charge is 0.508 e. The summed E-state index contributed by atoms with van der Waals surface area (Å²) in [6.45, 7) is 4.52. The number of carbonyl (C=O) groups excluding carboxylic acids is 1. The third kappa shape index (κ3) is 4.84. The molecule has 0 radical (unpaired) electrons. The lowest BCUT2D eigenvalue weighted by molar-refractivity contribution is 0.102. The van der Waals surface area contributed by atoms with Crippen molar-refractivity contribution in [2.75, 3.05) is 43.1 Å². The first-order valence-corrected chi connectivity index (χ1v) is 12.1. The topological polar surface area (TPSA) is 92.8 Å². The van der Waals surface area contributed by atoms with E-state index in [1.165, 1.54) is 12.1 Å². The zero-order valence-electron chi connectivity index (χ0n) is 20.7. The van der Waals surface area contributed by atoms with Crippen LogP contribution in [0.2, 0.25) is 0 Å². The molecule has 0 saturated carbocycles. The van der Waals surface area contributed by atoms with Crippen LogP contribution in [-0.4, -0.2) is 59.0 Å². The summed E-state index contributed by atoms with van der Waals surface area (Å²) in [5, 5.41) is 19.2. The molecule has 0 spiro atoms. The second-order valence-corrected chi connectivity index (χ2v) is 9.76. The van der Waals surface area contributed by atoms with Gasteiger partial charge < -0.3 is 26.0 Å². The quantitative estimate of drug-likeness (QED) is 0.408. The molecule has 2 aromatic carbocycles. The predicted molar refractivity (Wildman–Crippen MR) is 140 cm³/mol. The number of hydrogen-bond donors (Lipinski definition) is 4. The molecule has 4 N–H and O–H groups in total. The summed E-state index contributed by atoms with van der Waals surface area (Å²) >= 11 is 0. The van der Waals surface area contributed by atoms with Crippen molar-refractivity contribution in [1.29, 1.82) is 0 Å². The Kier molecular flexibility index (Phi) is 6.51. The number of piperidine rings is 1. The number of phenolic OH excluding ortho intramolecular Hbond substituents is 1. The lowest BCUT2D eigenvalue weighted by Gasteiger charge is -2.35. The molecule has 1 saturated heterocycles. The van der Waals surface area contributed by atoms with Crippen LogP contribution in [0.5, 0.6) is 5.75 Å². The van der Waals surface area contributed by atoms with Crippen LogP contribution in [-0.2, 0) is 6.54 Å². The molecule has 1 amide bonds. The van der Waals surface area contributed by atoms with Gasteiger partial charge in [0, 0.05) is 24.8 Å². The number of rotatable bonds is 5. The molecular formula is C27H31FN6O2. The van der Waals surface area contributed by atoms with E-state index in [-0.39, 0.29) is 22.9 Å². The highest BCUT2D eigenvalue weighted by Crippen LogP contribution is 2.36. The van der Waals surface area contributed by atoms with E-state index in [0.717, 1.165) is 43.7 Å². The Morgan fingerprint density at radius 3 is 2.64 bits per heavy atom. The van der Waals surface area contributed by atoms with Crippen LogP contribution < -0.4 is 16.0 Å². The summed E-state index contributed by atoms with van der Waals surface area (Å²) in [5.41, 5.74) is 3.67. The summed E-state index contributed by atoms with van der Waals surface area (Å²) in [6.07, 6.45) is 3.84. The van der Waals surface area contributed by atoms with E-state index < -0.39 is 5.82 Å². The van der Waals surface area contributed by atoms with Crippen LogP contribution in [0.4, 0.5) is 33.0 Å². The molecule has 0 atom stereocenters. The van der Waals surface area contributed by atoms with E-state index in [1.54, 1.807) is 19.2 Å². The monoisotopic (exact) mass is 490 g/mol. The van der Waals surface area contributed by atoms with E-state index in [4.69, 9.17) is 0 Å². The van der Waals surface area contributed by atoms with E-state index in [2.05, 4.69) is 50.9 Å². The number of anilines is 5. The van der Waals surface area contributed by atoms with Crippen LogP contribution >= 0.6 is 0 Å². The minimum Gasteiger partial charge on any atom is -0.508 e. The van der Waals surface area contributed by atoms with E-state index >= 15 is 0 Å². The van der Waals surface area contributed by atoms with Gasteiger partial charge >= 0.3 is 0 Å². The number of carbonyl (C=O) groups is 1. The van der Waals surface area contributed by atoms with Gasteiger partial charge in [-0.25, -0.2) is 9.37 Å². The van der Waals surface area contributed by atoms with E-state index in [9.17, 15) is 14.3 Å². The molecular weight excluding hydrogens is 459 g/mol. The van der Waals surface area contributed by atoms with Gasteiger partial charge in [0.1, 0.15) is 22.9 Å². The van der Waals surface area contributed by atoms with E-state index in [0.29, 0.717) is 28.8 Å². The lowest BCUT2D eigenvalue weighted by Crippen LogP contribution is -2.41. The maximum Gasteiger partial charge on any atom is 0.261 e. The Balaban J connectivity index is 1.36. The number of halogens is 1. The molecule has 5 rings (SSSR count). The molecule has 0 unspecified atom stereocenters. The van der Waals surface area contributed by atoms with Crippen molar-refractivity contribution in [2.24, 2.45) is 0 Å². The molecule has 0 aliphatic carbocycles. The predicted octanol–water partition coefficient (Wildman–Crippen LogP) is 4.81. The Labute approximate surface area is 210 Å². The fraction of sp³-hybridized carbons (Fsp3) is 0.333. The van der Waals surface area contributed by atoms with Gasteiger partial charge in [-0.15, -0.1) is 0 Å². The van der Waals surface area contributed by atoms with Crippen LogP contribution in [0.3, 0.4) is 0 Å². The molecule has 1 fully saturated rings. The summed E-state index contributed by atoms with van der Waals surface area (Å²) in [5.74, 6) is -0.549. The van der Waals surface area contributed by atoms with Crippen LogP contribution in [0.1, 0.15) is 34.3 Å². The summed E-state index contributed by atoms with van der Waals surface area (Å²) < 4.78 is 14.5. The third-order valence-corrected chi connectivity index (χ3v) is 7.01. The number of aromatic nitrogens is 1. The number of aryl methyl sites for hydroxylation is 1. The average molecular weight is 491 g/mol. The first-order chi connectivity index (χ1) is 17.3. The van der Waals surface area contributed by atoms with Crippen molar-refractivity contribution in [3.63, 3.8) is 0 Å². The van der Waals surface area contributed by atoms with Crippen LogP contribution in [0.25, 0.3) is 0 Å². The average Bonchev–Trinajstić information content (AvgIpc) is 2.98. The number of aromatic hydroxyl groups is 1. The minimum absolute atomic E-state index is 0.0347. The van der Waals surface area contributed by atoms with Gasteiger partial charge in [0.25, 0.3) is 5.91 Å². The normalized spacial score (nSPS) is 16.1. The van der Waals surface area contributed by atoms with Gasteiger partial charge in [0.05, 0.1) is 22.7 Å². The SMILES string of the molecule is Cc1cc(F)c(Nc2ccnc3c2C(=O)Nc2cc(CN4CCC(N(C)C)CC4)ccc2N3)cc1O. The summed E-state index contributed by atoms with van der Waals surface area (Å²) in [4.78, 5) is 22.4. The van der Waals surface area contributed by atoms with Gasteiger partial charge in [0.2, 0.25) is 0 Å². The van der Waals surface area contributed by atoms with Gasteiger partial charge in [-0.1, -0.05) is 6.07 Å². The Morgan fingerprint density at radius 2 is 1.89 bits per heavy atom. The number of hydrogen-bond acceptors (Lipinski definition) is 7. The minimum atomic E-state index is -0.527. The van der Waals surface area contributed by atoms with E-state index in [1.807, 2.05) is 12.1 Å². The molecule has 3 aromatic rings. The smallest absolute Gasteiger partial charge is 0.261 e. The highest BCUT2D eigenvalue weighted by Gasteiger charge is 2.25. The first-order valence-electron chi connectivity index (χ1n) is 12.1. The molecule has 9 heteroatoms. The highest BCUT2D eigenvalue weighted by atomic mass is 19.1. The number of pyridine rings is 1. The molecule has 1 aromatic heterocycles. The summed E-state index contributed by atoms with van der Waals surface area (Å²) in [7, 11) is 4.27. The maximum atomic E-state index is 14.5. The van der Waals surface area contributed by atoms with Gasteiger partial charge in [0.15, 0.2) is 0 Å². The lowest BCUT2D eigenvalue weighted by atomic mass is 10.0. The zero-order valence-corrected chi connectivity index (χ0v) is 20.7. The number of benzene rings is 2. The van der Waals surface area contributed by atoms with Crippen molar-refractivity contribution in [3.05, 3.63) is 65.1 Å². The second kappa shape index (κ2) is 9.75. The molecule has 3 heterocycles. The Hall–Kier alpha value is -3.69. The molecule has 2 aliphatic rings. The third-order valence-electron chi connectivity index (χ3n) is 7.01.